The molecule has 9 aromatic carbocycles. The topological polar surface area (TPSA) is 21.3 Å². The van der Waals surface area contributed by atoms with E-state index >= 15 is 0 Å². The number of benzene rings is 9. The molecule has 3 nitrogen and oxygen atoms in total. The fourth-order valence-corrected chi connectivity index (χ4v) is 8.47. The molecule has 11 rings (SSSR count). The van der Waals surface area contributed by atoms with Crippen molar-refractivity contribution in [3.8, 4) is 27.9 Å². The van der Waals surface area contributed by atoms with Gasteiger partial charge in [-0.15, -0.1) is 0 Å². The normalized spacial score (nSPS) is 11.6. The maximum Gasteiger partial charge on any atom is 0.143 e. The molecule has 55 heavy (non-hydrogen) atoms. The van der Waals surface area contributed by atoms with Crippen LogP contribution >= 0.6 is 0 Å². The summed E-state index contributed by atoms with van der Waals surface area (Å²) in [5, 5.41) is 7.02. The van der Waals surface area contributed by atoms with E-state index in [4.69, 9.17) is 4.42 Å². The van der Waals surface area contributed by atoms with Gasteiger partial charge < -0.3 is 13.9 Å². The van der Waals surface area contributed by atoms with Crippen molar-refractivity contribution in [2.75, 3.05) is 4.90 Å². The molecule has 0 unspecified atom stereocenters. The molecule has 0 fully saturated rings. The van der Waals surface area contributed by atoms with Gasteiger partial charge in [0.15, 0.2) is 0 Å². The molecule has 0 bridgehead atoms. The molecular formula is C52H34N2O. The number of rotatable bonds is 6. The van der Waals surface area contributed by atoms with Crippen molar-refractivity contribution in [1.29, 1.82) is 0 Å². The average molecular weight is 703 g/mol. The van der Waals surface area contributed by atoms with E-state index in [0.29, 0.717) is 0 Å². The molecule has 0 saturated heterocycles. The third-order valence-corrected chi connectivity index (χ3v) is 11.0. The number of nitrogens with zero attached hydrogens (tertiary/aromatic N) is 2. The van der Waals surface area contributed by atoms with Crippen molar-refractivity contribution in [3.63, 3.8) is 0 Å². The Labute approximate surface area is 318 Å². The van der Waals surface area contributed by atoms with E-state index in [1.54, 1.807) is 0 Å². The van der Waals surface area contributed by atoms with Gasteiger partial charge >= 0.3 is 0 Å². The first-order chi connectivity index (χ1) is 27.3. The molecule has 0 radical (unpaired) electrons. The fraction of sp³-hybridized carbons (Fsp3) is 0. The van der Waals surface area contributed by atoms with Crippen molar-refractivity contribution >= 4 is 71.6 Å². The average Bonchev–Trinajstić information content (AvgIpc) is 3.81. The first kappa shape index (κ1) is 31.2. The lowest BCUT2D eigenvalue weighted by molar-refractivity contribution is 0.674. The third kappa shape index (κ3) is 5.05. The summed E-state index contributed by atoms with van der Waals surface area (Å²) in [4.78, 5) is 2.39. The minimum atomic E-state index is 0.889. The van der Waals surface area contributed by atoms with Crippen LogP contribution in [0.3, 0.4) is 0 Å². The molecule has 0 amide bonds. The Morgan fingerprint density at radius 1 is 0.364 bits per heavy atom. The molecule has 0 aliphatic rings. The van der Waals surface area contributed by atoms with E-state index in [2.05, 4.69) is 216 Å². The smallest absolute Gasteiger partial charge is 0.143 e. The van der Waals surface area contributed by atoms with Crippen molar-refractivity contribution in [3.05, 3.63) is 206 Å². The molecule has 0 aliphatic carbocycles. The highest BCUT2D eigenvalue weighted by molar-refractivity contribution is 6.17. The first-order valence-electron chi connectivity index (χ1n) is 18.8. The number of aromatic nitrogens is 1. The van der Waals surface area contributed by atoms with Crippen LogP contribution in [0.2, 0.25) is 0 Å². The molecule has 11 aromatic rings. The summed E-state index contributed by atoms with van der Waals surface area (Å²) in [6.45, 7) is 0. The van der Waals surface area contributed by atoms with Crippen molar-refractivity contribution < 1.29 is 4.42 Å². The largest absolute Gasteiger partial charge is 0.455 e. The predicted molar refractivity (Wildman–Crippen MR) is 231 cm³/mol. The van der Waals surface area contributed by atoms with Gasteiger partial charge in [0, 0.05) is 55.1 Å². The number of fused-ring (bicyclic) bond motifs is 8. The van der Waals surface area contributed by atoms with Crippen LogP contribution in [0.4, 0.5) is 17.1 Å². The maximum absolute atomic E-state index is 6.89. The number of anilines is 3. The van der Waals surface area contributed by atoms with Crippen LogP contribution in [0.5, 0.6) is 0 Å². The second kappa shape index (κ2) is 12.6. The second-order valence-corrected chi connectivity index (χ2v) is 14.1. The van der Waals surface area contributed by atoms with Crippen LogP contribution in [0, 0.1) is 0 Å². The van der Waals surface area contributed by atoms with E-state index in [1.165, 1.54) is 38.3 Å². The zero-order valence-corrected chi connectivity index (χ0v) is 29.9. The number of furan rings is 1. The van der Waals surface area contributed by atoms with Crippen molar-refractivity contribution in [2.45, 2.75) is 0 Å². The summed E-state index contributed by atoms with van der Waals surface area (Å²) < 4.78 is 9.28. The molecule has 0 atom stereocenters. The lowest BCUT2D eigenvalue weighted by atomic mass is 9.98. The number of para-hydroxylation sites is 4. The lowest BCUT2D eigenvalue weighted by Crippen LogP contribution is -2.12. The molecular weight excluding hydrogens is 669 g/mol. The van der Waals surface area contributed by atoms with E-state index < -0.39 is 0 Å². The van der Waals surface area contributed by atoms with E-state index in [0.717, 1.165) is 61.2 Å². The van der Waals surface area contributed by atoms with Gasteiger partial charge in [-0.05, 0) is 71.1 Å². The Hall–Kier alpha value is -7.36. The van der Waals surface area contributed by atoms with Gasteiger partial charge in [-0.1, -0.05) is 152 Å². The first-order valence-corrected chi connectivity index (χ1v) is 18.8. The molecule has 2 aromatic heterocycles. The van der Waals surface area contributed by atoms with Crippen LogP contribution in [0.1, 0.15) is 0 Å². The van der Waals surface area contributed by atoms with Gasteiger partial charge in [0.2, 0.25) is 0 Å². The van der Waals surface area contributed by atoms with Crippen LogP contribution in [0.25, 0.3) is 82.5 Å². The summed E-state index contributed by atoms with van der Waals surface area (Å²) >= 11 is 0. The SMILES string of the molecule is c1ccc(-c2ccc(N(c3cccc(-n4c5ccccc5c5ccccc54)c3)c3ccccc3-c3cccc4c3oc3c5ccccc5ccc43)cc2)cc1. The van der Waals surface area contributed by atoms with E-state index in [1.807, 2.05) is 0 Å². The van der Waals surface area contributed by atoms with Crippen LogP contribution in [-0.2, 0) is 0 Å². The van der Waals surface area contributed by atoms with Crippen LogP contribution < -0.4 is 4.90 Å². The summed E-state index contributed by atoms with van der Waals surface area (Å²) in [6, 6.07) is 73.8. The standard InChI is InChI=1S/C52H34N2O/c1-2-14-35(15-3-1)36-28-31-38(32-29-36)53(39-17-12-18-40(34-39)54-49-26-10-6-20-42(49)43-21-7-11-27-50(43)54)48-25-9-8-22-44(48)45-23-13-24-46-47-33-30-37-16-4-5-19-41(37)51(47)55-52(45)46/h1-34H. The fourth-order valence-electron chi connectivity index (χ4n) is 8.47. The Morgan fingerprint density at radius 2 is 0.964 bits per heavy atom. The van der Waals surface area contributed by atoms with Crippen LogP contribution in [0.15, 0.2) is 211 Å². The molecule has 2 heterocycles. The minimum absolute atomic E-state index is 0.889. The van der Waals surface area contributed by atoms with E-state index in [-0.39, 0.29) is 0 Å². The predicted octanol–water partition coefficient (Wildman–Crippen LogP) is 14.6. The third-order valence-electron chi connectivity index (χ3n) is 11.0. The highest BCUT2D eigenvalue weighted by Gasteiger charge is 2.22. The number of hydrogen-bond donors (Lipinski definition) is 0. The Bertz CT molecular complexity index is 3150. The zero-order chi connectivity index (χ0) is 36.3. The molecule has 258 valence electrons. The minimum Gasteiger partial charge on any atom is -0.455 e. The molecule has 0 spiro atoms. The van der Waals surface area contributed by atoms with Crippen molar-refractivity contribution in [1.82, 2.24) is 4.57 Å². The van der Waals surface area contributed by atoms with Gasteiger partial charge in [-0.3, -0.25) is 0 Å². The van der Waals surface area contributed by atoms with Gasteiger partial charge in [-0.2, -0.15) is 0 Å². The quantitative estimate of drug-likeness (QED) is 0.172. The van der Waals surface area contributed by atoms with Gasteiger partial charge in [0.1, 0.15) is 11.2 Å². The van der Waals surface area contributed by atoms with Crippen LogP contribution in [-0.4, -0.2) is 4.57 Å². The molecule has 3 heteroatoms. The van der Waals surface area contributed by atoms with Gasteiger partial charge in [-0.25, -0.2) is 0 Å². The van der Waals surface area contributed by atoms with Crippen molar-refractivity contribution in [2.24, 2.45) is 0 Å². The lowest BCUT2D eigenvalue weighted by Gasteiger charge is -2.28. The molecule has 0 N–H and O–H groups in total. The number of hydrogen-bond acceptors (Lipinski definition) is 2. The Kier molecular flexibility index (Phi) is 7.17. The summed E-state index contributed by atoms with van der Waals surface area (Å²) in [6.07, 6.45) is 0. The summed E-state index contributed by atoms with van der Waals surface area (Å²) in [5.41, 5.74) is 13.0. The van der Waals surface area contributed by atoms with Gasteiger partial charge in [0.05, 0.1) is 16.7 Å². The highest BCUT2D eigenvalue weighted by Crippen LogP contribution is 2.46. The Morgan fingerprint density at radius 3 is 1.76 bits per heavy atom. The van der Waals surface area contributed by atoms with E-state index in [9.17, 15) is 0 Å². The molecule has 0 aliphatic heterocycles. The van der Waals surface area contributed by atoms with Gasteiger partial charge in [0.25, 0.3) is 0 Å². The monoisotopic (exact) mass is 702 g/mol. The highest BCUT2D eigenvalue weighted by atomic mass is 16.3. The summed E-state index contributed by atoms with van der Waals surface area (Å²) in [7, 11) is 0. The summed E-state index contributed by atoms with van der Waals surface area (Å²) in [5.74, 6) is 0. The maximum atomic E-state index is 6.89. The Balaban J connectivity index is 1.14. The zero-order valence-electron chi connectivity index (χ0n) is 29.9. The second-order valence-electron chi connectivity index (χ2n) is 14.1. The molecule has 0 saturated carbocycles.